The lowest BCUT2D eigenvalue weighted by Crippen LogP contribution is -2.15. The van der Waals surface area contributed by atoms with Gasteiger partial charge in [-0.25, -0.2) is 9.97 Å². The van der Waals surface area contributed by atoms with Crippen LogP contribution in [0.1, 0.15) is 11.3 Å². The zero-order valence-electron chi connectivity index (χ0n) is 12.0. The van der Waals surface area contributed by atoms with Crippen molar-refractivity contribution in [2.24, 2.45) is 0 Å². The summed E-state index contributed by atoms with van der Waals surface area (Å²) in [6.45, 7) is 1.96. The SMILES string of the molecule is Cc1ccnc(NC(=O)Cc2csc(-c3ccccn3)n2)c1. The molecule has 1 N–H and O–H groups in total. The quantitative estimate of drug-likeness (QED) is 0.804. The number of aryl methyl sites for hydroxylation is 1. The lowest BCUT2D eigenvalue weighted by atomic mass is 10.3. The third-order valence-corrected chi connectivity index (χ3v) is 3.87. The van der Waals surface area contributed by atoms with Gasteiger partial charge in [-0.3, -0.25) is 9.78 Å². The lowest BCUT2D eigenvalue weighted by molar-refractivity contribution is -0.115. The van der Waals surface area contributed by atoms with Gasteiger partial charge in [0, 0.05) is 17.8 Å². The molecule has 0 aliphatic carbocycles. The molecule has 0 saturated carbocycles. The number of nitrogens with zero attached hydrogens (tertiary/aromatic N) is 3. The number of hydrogen-bond donors (Lipinski definition) is 1. The molecule has 0 unspecified atom stereocenters. The zero-order chi connectivity index (χ0) is 15.4. The van der Waals surface area contributed by atoms with Gasteiger partial charge in [-0.2, -0.15) is 0 Å². The molecule has 0 bridgehead atoms. The first kappa shape index (κ1) is 14.3. The number of anilines is 1. The highest BCUT2D eigenvalue weighted by atomic mass is 32.1. The van der Waals surface area contributed by atoms with Gasteiger partial charge in [0.2, 0.25) is 5.91 Å². The normalized spacial score (nSPS) is 10.4. The lowest BCUT2D eigenvalue weighted by Gasteiger charge is -2.03. The van der Waals surface area contributed by atoms with Crippen molar-refractivity contribution in [2.45, 2.75) is 13.3 Å². The minimum absolute atomic E-state index is 0.129. The molecule has 3 aromatic rings. The van der Waals surface area contributed by atoms with Crippen LogP contribution < -0.4 is 5.32 Å². The molecule has 22 heavy (non-hydrogen) atoms. The Morgan fingerprint density at radius 2 is 2.14 bits per heavy atom. The topological polar surface area (TPSA) is 67.8 Å². The fourth-order valence-corrected chi connectivity index (χ4v) is 2.75. The summed E-state index contributed by atoms with van der Waals surface area (Å²) in [7, 11) is 0. The van der Waals surface area contributed by atoms with Gasteiger partial charge < -0.3 is 5.32 Å². The highest BCUT2D eigenvalue weighted by Crippen LogP contribution is 2.21. The van der Waals surface area contributed by atoms with Gasteiger partial charge in [0.1, 0.15) is 10.8 Å². The van der Waals surface area contributed by atoms with Crippen LogP contribution in [-0.4, -0.2) is 20.9 Å². The van der Waals surface area contributed by atoms with Crippen LogP contribution in [0, 0.1) is 6.92 Å². The standard InChI is InChI=1S/C16H14N4OS/c1-11-5-7-18-14(8-11)20-15(21)9-12-10-22-16(19-12)13-4-2-3-6-17-13/h2-8,10H,9H2,1H3,(H,18,20,21). The second kappa shape index (κ2) is 6.44. The van der Waals surface area contributed by atoms with Gasteiger partial charge in [0.15, 0.2) is 0 Å². The number of pyridine rings is 2. The first-order valence-electron chi connectivity index (χ1n) is 6.79. The van der Waals surface area contributed by atoms with Crippen LogP contribution >= 0.6 is 11.3 Å². The molecule has 3 heterocycles. The molecule has 0 radical (unpaired) electrons. The number of thiazole rings is 1. The maximum atomic E-state index is 12.0. The van der Waals surface area contributed by atoms with Crippen LogP contribution in [0.2, 0.25) is 0 Å². The molecule has 0 aromatic carbocycles. The number of carbonyl (C=O) groups excluding carboxylic acids is 1. The summed E-state index contributed by atoms with van der Waals surface area (Å²) >= 11 is 1.48. The molecule has 0 saturated heterocycles. The van der Waals surface area contributed by atoms with Gasteiger partial charge in [-0.05, 0) is 36.8 Å². The highest BCUT2D eigenvalue weighted by molar-refractivity contribution is 7.13. The van der Waals surface area contributed by atoms with Crippen LogP contribution in [0.4, 0.5) is 5.82 Å². The van der Waals surface area contributed by atoms with E-state index in [2.05, 4.69) is 20.3 Å². The van der Waals surface area contributed by atoms with Crippen LogP contribution in [0.25, 0.3) is 10.7 Å². The third-order valence-electron chi connectivity index (χ3n) is 2.96. The molecule has 0 atom stereocenters. The van der Waals surface area contributed by atoms with E-state index in [-0.39, 0.29) is 12.3 Å². The Labute approximate surface area is 132 Å². The summed E-state index contributed by atoms with van der Waals surface area (Å²) in [5.74, 6) is 0.432. The molecule has 3 aromatic heterocycles. The molecule has 6 heteroatoms. The second-order valence-electron chi connectivity index (χ2n) is 4.80. The van der Waals surface area contributed by atoms with Crippen molar-refractivity contribution in [3.05, 3.63) is 59.4 Å². The molecule has 5 nitrogen and oxygen atoms in total. The van der Waals surface area contributed by atoms with Crippen LogP contribution in [0.3, 0.4) is 0 Å². The van der Waals surface area contributed by atoms with Crippen molar-refractivity contribution in [3.63, 3.8) is 0 Å². The van der Waals surface area contributed by atoms with Crippen LogP contribution in [-0.2, 0) is 11.2 Å². The van der Waals surface area contributed by atoms with E-state index in [1.54, 1.807) is 12.4 Å². The van der Waals surface area contributed by atoms with E-state index in [0.29, 0.717) is 5.82 Å². The molecule has 3 rings (SSSR count). The minimum atomic E-state index is -0.129. The van der Waals surface area contributed by atoms with Crippen molar-refractivity contribution in [3.8, 4) is 10.7 Å². The Bertz CT molecular complexity index is 786. The minimum Gasteiger partial charge on any atom is -0.310 e. The predicted molar refractivity (Wildman–Crippen MR) is 86.7 cm³/mol. The molecule has 0 spiro atoms. The highest BCUT2D eigenvalue weighted by Gasteiger charge is 2.10. The molecule has 1 amide bonds. The van der Waals surface area contributed by atoms with Gasteiger partial charge in [-0.1, -0.05) is 6.07 Å². The average Bonchev–Trinajstić information content (AvgIpc) is 2.96. The number of hydrogen-bond acceptors (Lipinski definition) is 5. The van der Waals surface area contributed by atoms with E-state index in [1.807, 2.05) is 42.6 Å². The van der Waals surface area contributed by atoms with Crippen LogP contribution in [0.15, 0.2) is 48.1 Å². The predicted octanol–water partition coefficient (Wildman–Crippen LogP) is 3.09. The van der Waals surface area contributed by atoms with Gasteiger partial charge >= 0.3 is 0 Å². The average molecular weight is 310 g/mol. The van der Waals surface area contributed by atoms with E-state index >= 15 is 0 Å². The maximum absolute atomic E-state index is 12.0. The van der Waals surface area contributed by atoms with E-state index in [4.69, 9.17) is 0 Å². The zero-order valence-corrected chi connectivity index (χ0v) is 12.8. The van der Waals surface area contributed by atoms with Crippen molar-refractivity contribution in [1.82, 2.24) is 15.0 Å². The van der Waals surface area contributed by atoms with Gasteiger partial charge in [0.25, 0.3) is 0 Å². The Hall–Kier alpha value is -2.60. The molecule has 0 aliphatic rings. The maximum Gasteiger partial charge on any atom is 0.231 e. The van der Waals surface area contributed by atoms with E-state index in [0.717, 1.165) is 22.0 Å². The monoisotopic (exact) mass is 310 g/mol. The molecule has 0 fully saturated rings. The van der Waals surface area contributed by atoms with Gasteiger partial charge in [0.05, 0.1) is 17.8 Å². The Morgan fingerprint density at radius 1 is 1.23 bits per heavy atom. The fraction of sp³-hybridized carbons (Fsp3) is 0.125. The molecule has 0 aliphatic heterocycles. The summed E-state index contributed by atoms with van der Waals surface area (Å²) in [5.41, 5.74) is 2.60. The molecular formula is C16H14N4OS. The van der Waals surface area contributed by atoms with Crippen molar-refractivity contribution in [2.75, 3.05) is 5.32 Å². The van der Waals surface area contributed by atoms with Crippen LogP contribution in [0.5, 0.6) is 0 Å². The summed E-state index contributed by atoms with van der Waals surface area (Å²) < 4.78 is 0. The number of aromatic nitrogens is 3. The van der Waals surface area contributed by atoms with E-state index < -0.39 is 0 Å². The summed E-state index contributed by atoms with van der Waals surface area (Å²) in [6, 6.07) is 9.40. The third kappa shape index (κ3) is 3.53. The molecular weight excluding hydrogens is 296 g/mol. The largest absolute Gasteiger partial charge is 0.310 e. The Morgan fingerprint density at radius 3 is 2.91 bits per heavy atom. The van der Waals surface area contributed by atoms with Crippen molar-refractivity contribution < 1.29 is 4.79 Å². The van der Waals surface area contributed by atoms with Crippen molar-refractivity contribution >= 4 is 23.1 Å². The fourth-order valence-electron chi connectivity index (χ4n) is 1.95. The number of rotatable bonds is 4. The Balaban J connectivity index is 1.66. The first-order chi connectivity index (χ1) is 10.7. The Kier molecular flexibility index (Phi) is 4.20. The number of amides is 1. The summed E-state index contributed by atoms with van der Waals surface area (Å²) in [6.07, 6.45) is 3.62. The summed E-state index contributed by atoms with van der Waals surface area (Å²) in [4.78, 5) is 24.9. The number of nitrogens with one attached hydrogen (secondary N) is 1. The molecule has 110 valence electrons. The van der Waals surface area contributed by atoms with Gasteiger partial charge in [-0.15, -0.1) is 11.3 Å². The number of carbonyl (C=O) groups is 1. The second-order valence-corrected chi connectivity index (χ2v) is 5.66. The first-order valence-corrected chi connectivity index (χ1v) is 7.67. The smallest absolute Gasteiger partial charge is 0.231 e. The van der Waals surface area contributed by atoms with E-state index in [9.17, 15) is 4.79 Å². The van der Waals surface area contributed by atoms with E-state index in [1.165, 1.54) is 11.3 Å². The summed E-state index contributed by atoms with van der Waals surface area (Å²) in [5, 5.41) is 5.48. The van der Waals surface area contributed by atoms with Crippen molar-refractivity contribution in [1.29, 1.82) is 0 Å².